The number of carbonyl (C=O) groups excluding carboxylic acids is 1. The Hall–Kier alpha value is -3.79. The van der Waals surface area contributed by atoms with E-state index >= 15 is 0 Å². The van der Waals surface area contributed by atoms with Gasteiger partial charge >= 0.3 is 6.09 Å². The predicted octanol–water partition coefficient (Wildman–Crippen LogP) is 3.44. The van der Waals surface area contributed by atoms with Gasteiger partial charge in [0.2, 0.25) is 0 Å². The Morgan fingerprint density at radius 3 is 2.52 bits per heavy atom. The molecule has 7 heteroatoms. The molecule has 0 atom stereocenters. The zero-order chi connectivity index (χ0) is 19.4. The number of para-hydroxylation sites is 2. The molecule has 0 bridgehead atoms. The third-order valence-corrected chi connectivity index (χ3v) is 4.09. The first-order chi connectivity index (χ1) is 12.9. The van der Waals surface area contributed by atoms with E-state index < -0.39 is 17.3 Å². The second-order valence-electron chi connectivity index (χ2n) is 6.48. The van der Waals surface area contributed by atoms with Crippen LogP contribution in [0.4, 0.5) is 10.5 Å². The van der Waals surface area contributed by atoms with Gasteiger partial charge in [0.25, 0.3) is 0 Å². The minimum absolute atomic E-state index is 0.0148. The first-order valence-corrected chi connectivity index (χ1v) is 8.32. The number of carbonyl (C=O) groups is 1. The van der Waals surface area contributed by atoms with Crippen LogP contribution in [0, 0.1) is 16.7 Å². The van der Waals surface area contributed by atoms with Gasteiger partial charge in [-0.15, -0.1) is 0 Å². The van der Waals surface area contributed by atoms with Crippen molar-refractivity contribution >= 4 is 17.5 Å². The maximum atomic E-state index is 12.3. The molecule has 0 aliphatic carbocycles. The van der Waals surface area contributed by atoms with Crippen LogP contribution in [0.3, 0.4) is 0 Å². The SMILES string of the molecule is CC1(C)N/C(=C(\NC(=O)Oc2ccccc2)C(=N)C#N)Nc2ccccc21. The zero-order valence-electron chi connectivity index (χ0n) is 15.0. The summed E-state index contributed by atoms with van der Waals surface area (Å²) in [4.78, 5) is 12.3. The Kier molecular flexibility index (Phi) is 4.81. The summed E-state index contributed by atoms with van der Waals surface area (Å²) in [6.45, 7) is 3.95. The molecule has 0 radical (unpaired) electrons. The fraction of sp³-hybridized carbons (Fsp3) is 0.150. The number of ether oxygens (including phenoxy) is 1. The fourth-order valence-corrected chi connectivity index (χ4v) is 2.84. The van der Waals surface area contributed by atoms with E-state index in [1.807, 2.05) is 38.1 Å². The summed E-state index contributed by atoms with van der Waals surface area (Å²) in [5.41, 5.74) is 1.01. The molecule has 2 aromatic carbocycles. The molecule has 1 amide bonds. The molecular weight excluding hydrogens is 342 g/mol. The molecular formula is C20H19N5O2. The molecule has 0 spiro atoms. The zero-order valence-corrected chi connectivity index (χ0v) is 15.0. The van der Waals surface area contributed by atoms with Gasteiger partial charge in [-0.2, -0.15) is 5.26 Å². The van der Waals surface area contributed by atoms with E-state index in [1.165, 1.54) is 0 Å². The molecule has 2 aromatic rings. The highest BCUT2D eigenvalue weighted by molar-refractivity contribution is 6.11. The quantitative estimate of drug-likeness (QED) is 0.626. The maximum absolute atomic E-state index is 12.3. The topological polar surface area (TPSA) is 110 Å². The number of nitrogens with zero attached hydrogens (tertiary/aromatic N) is 1. The molecule has 0 unspecified atom stereocenters. The molecule has 7 nitrogen and oxygen atoms in total. The molecule has 136 valence electrons. The Bertz CT molecular complexity index is 958. The molecule has 1 aliphatic heterocycles. The first-order valence-electron chi connectivity index (χ1n) is 8.32. The molecule has 4 N–H and O–H groups in total. The van der Waals surface area contributed by atoms with Crippen molar-refractivity contribution in [3.63, 3.8) is 0 Å². The Labute approximate surface area is 157 Å². The summed E-state index contributed by atoms with van der Waals surface area (Å²) >= 11 is 0. The Morgan fingerprint density at radius 2 is 1.81 bits per heavy atom. The van der Waals surface area contributed by atoms with Crippen LogP contribution in [0.5, 0.6) is 5.75 Å². The average molecular weight is 361 g/mol. The lowest BCUT2D eigenvalue weighted by molar-refractivity contribution is 0.203. The number of anilines is 1. The van der Waals surface area contributed by atoms with Crippen molar-refractivity contribution in [1.82, 2.24) is 10.6 Å². The van der Waals surface area contributed by atoms with Crippen LogP contribution in [0.25, 0.3) is 0 Å². The van der Waals surface area contributed by atoms with Crippen molar-refractivity contribution in [3.05, 3.63) is 71.7 Å². The van der Waals surface area contributed by atoms with E-state index in [2.05, 4.69) is 16.0 Å². The normalized spacial score (nSPS) is 15.9. The minimum atomic E-state index is -0.788. The highest BCUT2D eigenvalue weighted by Crippen LogP contribution is 2.33. The summed E-state index contributed by atoms with van der Waals surface area (Å²) in [6.07, 6.45) is -0.788. The first kappa shape index (κ1) is 18.0. The second kappa shape index (κ2) is 7.22. The van der Waals surface area contributed by atoms with E-state index in [1.54, 1.807) is 36.4 Å². The van der Waals surface area contributed by atoms with Crippen molar-refractivity contribution in [2.45, 2.75) is 19.4 Å². The molecule has 27 heavy (non-hydrogen) atoms. The van der Waals surface area contributed by atoms with Gasteiger partial charge in [0.15, 0.2) is 5.71 Å². The van der Waals surface area contributed by atoms with Gasteiger partial charge in [0, 0.05) is 11.3 Å². The van der Waals surface area contributed by atoms with Crippen LogP contribution in [0.1, 0.15) is 19.4 Å². The molecule has 3 rings (SSSR count). The summed E-state index contributed by atoms with van der Waals surface area (Å²) in [5, 5.41) is 26.0. The largest absolute Gasteiger partial charge is 0.417 e. The summed E-state index contributed by atoms with van der Waals surface area (Å²) in [7, 11) is 0. The number of allylic oxidation sites excluding steroid dienone is 1. The lowest BCUT2D eigenvalue weighted by Gasteiger charge is -2.37. The van der Waals surface area contributed by atoms with Crippen molar-refractivity contribution < 1.29 is 9.53 Å². The lowest BCUT2D eigenvalue weighted by Crippen LogP contribution is -2.46. The predicted molar refractivity (Wildman–Crippen MR) is 102 cm³/mol. The van der Waals surface area contributed by atoms with Crippen LogP contribution in [0.15, 0.2) is 66.1 Å². The third kappa shape index (κ3) is 3.90. The van der Waals surface area contributed by atoms with E-state index in [0.717, 1.165) is 11.3 Å². The number of benzene rings is 2. The maximum Gasteiger partial charge on any atom is 0.417 e. The average Bonchev–Trinajstić information content (AvgIpc) is 2.66. The van der Waals surface area contributed by atoms with Crippen molar-refractivity contribution in [2.24, 2.45) is 0 Å². The van der Waals surface area contributed by atoms with Crippen molar-refractivity contribution in [3.8, 4) is 11.8 Å². The van der Waals surface area contributed by atoms with Crippen LogP contribution in [-0.4, -0.2) is 11.8 Å². The fourth-order valence-electron chi connectivity index (χ4n) is 2.84. The smallest absolute Gasteiger partial charge is 0.410 e. The second-order valence-corrected chi connectivity index (χ2v) is 6.48. The van der Waals surface area contributed by atoms with E-state index in [0.29, 0.717) is 11.6 Å². The van der Waals surface area contributed by atoms with Gasteiger partial charge in [0.1, 0.15) is 23.3 Å². The van der Waals surface area contributed by atoms with Crippen LogP contribution in [0.2, 0.25) is 0 Å². The monoisotopic (exact) mass is 361 g/mol. The van der Waals surface area contributed by atoms with E-state index in [9.17, 15) is 10.1 Å². The van der Waals surface area contributed by atoms with Crippen molar-refractivity contribution in [1.29, 1.82) is 10.7 Å². The van der Waals surface area contributed by atoms with Gasteiger partial charge < -0.3 is 15.4 Å². The Balaban J connectivity index is 1.92. The van der Waals surface area contributed by atoms with Crippen LogP contribution >= 0.6 is 0 Å². The molecule has 0 fully saturated rings. The lowest BCUT2D eigenvalue weighted by atomic mass is 9.90. The number of nitriles is 1. The number of hydrogen-bond acceptors (Lipinski definition) is 6. The highest BCUT2D eigenvalue weighted by atomic mass is 16.6. The van der Waals surface area contributed by atoms with Gasteiger partial charge in [0.05, 0.1) is 5.54 Å². The number of rotatable bonds is 3. The number of amides is 1. The standard InChI is InChI=1S/C20H19N5O2/c1-20(2)14-10-6-7-11-16(14)23-18(25-20)17(15(22)12-21)24-19(26)27-13-8-4-3-5-9-13/h3-11,22-23,25H,1-2H3,(H,24,26)/b18-17-,22-15?. The summed E-state index contributed by atoms with van der Waals surface area (Å²) < 4.78 is 5.21. The van der Waals surface area contributed by atoms with Crippen LogP contribution < -0.4 is 20.7 Å². The van der Waals surface area contributed by atoms with Crippen molar-refractivity contribution in [2.75, 3.05) is 5.32 Å². The molecule has 1 aliphatic rings. The van der Waals surface area contributed by atoms with Gasteiger partial charge in [-0.05, 0) is 32.0 Å². The molecule has 0 aromatic heterocycles. The number of fused-ring (bicyclic) bond motifs is 1. The third-order valence-electron chi connectivity index (χ3n) is 4.09. The summed E-state index contributed by atoms with van der Waals surface area (Å²) in [6, 6.07) is 18.0. The Morgan fingerprint density at radius 1 is 1.15 bits per heavy atom. The van der Waals surface area contributed by atoms with Crippen LogP contribution in [-0.2, 0) is 5.54 Å². The number of hydrogen-bond donors (Lipinski definition) is 4. The molecule has 0 saturated heterocycles. The van der Waals surface area contributed by atoms with Gasteiger partial charge in [-0.3, -0.25) is 10.7 Å². The molecule has 0 saturated carbocycles. The highest BCUT2D eigenvalue weighted by Gasteiger charge is 2.31. The van der Waals surface area contributed by atoms with Gasteiger partial charge in [-0.1, -0.05) is 36.4 Å². The summed E-state index contributed by atoms with van der Waals surface area (Å²) in [5.74, 6) is 0.716. The minimum Gasteiger partial charge on any atom is -0.410 e. The van der Waals surface area contributed by atoms with E-state index in [-0.39, 0.29) is 5.70 Å². The number of nitrogens with one attached hydrogen (secondary N) is 4. The van der Waals surface area contributed by atoms with E-state index in [4.69, 9.17) is 10.1 Å². The van der Waals surface area contributed by atoms with Gasteiger partial charge in [-0.25, -0.2) is 4.79 Å². The molecule has 1 heterocycles.